The normalized spacial score (nSPS) is 11.6. The lowest BCUT2D eigenvalue weighted by atomic mass is 9.94. The van der Waals surface area contributed by atoms with Crippen molar-refractivity contribution in [3.8, 4) is 44.8 Å². The first-order valence-electron chi connectivity index (χ1n) is 17.2. The largest absolute Gasteiger partial charge is 0.309 e. The Morgan fingerprint density at radius 3 is 1.28 bits per heavy atom. The number of hydrogen-bond donors (Lipinski definition) is 0. The van der Waals surface area contributed by atoms with Gasteiger partial charge < -0.3 is 9.13 Å². The highest BCUT2D eigenvalue weighted by Gasteiger charge is 2.20. The zero-order valence-corrected chi connectivity index (χ0v) is 27.4. The lowest BCUT2D eigenvalue weighted by Gasteiger charge is -2.14. The van der Waals surface area contributed by atoms with E-state index in [1.807, 2.05) is 0 Å². The maximum atomic E-state index is 2.44. The van der Waals surface area contributed by atoms with Crippen molar-refractivity contribution in [1.29, 1.82) is 0 Å². The molecule has 0 spiro atoms. The van der Waals surface area contributed by atoms with Crippen LogP contribution in [0.4, 0.5) is 0 Å². The van der Waals surface area contributed by atoms with E-state index in [9.17, 15) is 0 Å². The summed E-state index contributed by atoms with van der Waals surface area (Å²) in [6.07, 6.45) is 0. The Hall–Kier alpha value is -6.64. The second-order valence-corrected chi connectivity index (χ2v) is 12.9. The topological polar surface area (TPSA) is 9.86 Å². The van der Waals surface area contributed by atoms with Gasteiger partial charge in [0.25, 0.3) is 0 Å². The van der Waals surface area contributed by atoms with E-state index in [0.717, 1.165) is 5.69 Å². The van der Waals surface area contributed by atoms with E-state index >= 15 is 0 Å². The molecule has 0 N–H and O–H groups in total. The molecule has 10 rings (SSSR count). The zero-order chi connectivity index (χ0) is 33.0. The van der Waals surface area contributed by atoms with E-state index in [4.69, 9.17) is 0 Å². The quantitative estimate of drug-likeness (QED) is 0.178. The monoisotopic (exact) mass is 636 g/mol. The molecule has 0 saturated heterocycles. The minimum atomic E-state index is 1.15. The molecule has 0 aliphatic carbocycles. The summed E-state index contributed by atoms with van der Waals surface area (Å²) in [6, 6.07) is 70.3. The average Bonchev–Trinajstić information content (AvgIpc) is 3.72. The number of rotatable bonds is 5. The van der Waals surface area contributed by atoms with Gasteiger partial charge in [-0.05, 0) is 81.9 Å². The van der Waals surface area contributed by atoms with Crippen LogP contribution in [0.15, 0.2) is 194 Å². The molecule has 50 heavy (non-hydrogen) atoms. The Balaban J connectivity index is 1.23. The first-order chi connectivity index (χ1) is 24.8. The summed E-state index contributed by atoms with van der Waals surface area (Å²) in [4.78, 5) is 0. The fourth-order valence-electron chi connectivity index (χ4n) is 8.04. The van der Waals surface area contributed by atoms with Gasteiger partial charge >= 0.3 is 0 Å². The number of fused-ring (bicyclic) bond motifs is 6. The van der Waals surface area contributed by atoms with Gasteiger partial charge in [-0.25, -0.2) is 0 Å². The molecule has 0 unspecified atom stereocenters. The van der Waals surface area contributed by atoms with Gasteiger partial charge in [0.05, 0.1) is 22.1 Å². The summed E-state index contributed by atoms with van der Waals surface area (Å²) in [5, 5.41) is 5.04. The first kappa shape index (κ1) is 28.4. The predicted octanol–water partition coefficient (Wildman–Crippen LogP) is 12.9. The summed E-state index contributed by atoms with van der Waals surface area (Å²) < 4.78 is 4.84. The molecular weight excluding hydrogens is 605 g/mol. The molecule has 2 heteroatoms. The molecule has 0 aliphatic rings. The molecule has 2 aromatic heterocycles. The van der Waals surface area contributed by atoms with Gasteiger partial charge in [-0.2, -0.15) is 0 Å². The highest BCUT2D eigenvalue weighted by Crippen LogP contribution is 2.44. The molecule has 0 radical (unpaired) electrons. The van der Waals surface area contributed by atoms with Gasteiger partial charge in [0, 0.05) is 32.9 Å². The Bertz CT molecular complexity index is 2860. The Morgan fingerprint density at radius 2 is 0.660 bits per heavy atom. The molecule has 0 aliphatic heterocycles. The Labute approximate surface area is 290 Å². The summed E-state index contributed by atoms with van der Waals surface area (Å²) in [6.45, 7) is 0. The Kier molecular flexibility index (Phi) is 6.53. The number of aromatic nitrogens is 2. The van der Waals surface area contributed by atoms with E-state index in [0.29, 0.717) is 0 Å². The van der Waals surface area contributed by atoms with E-state index in [1.165, 1.54) is 82.7 Å². The van der Waals surface area contributed by atoms with Crippen LogP contribution < -0.4 is 0 Å². The standard InChI is InChI=1S/C48H32N2/c1-3-16-33(17-4-1)37-22-7-8-23-38(37)34-18-13-21-36(32-34)50-44-29-12-10-25-42(44)48-40(27-15-31-46(48)50)39-26-14-30-45-47(39)41-24-9-11-28-43(41)49(45)35-19-5-2-6-20-35/h1-32H. The molecule has 2 heterocycles. The summed E-state index contributed by atoms with van der Waals surface area (Å²) in [5.41, 5.74) is 14.5. The van der Waals surface area contributed by atoms with Gasteiger partial charge in [-0.15, -0.1) is 0 Å². The molecule has 0 saturated carbocycles. The maximum Gasteiger partial charge on any atom is 0.0547 e. The lowest BCUT2D eigenvalue weighted by molar-refractivity contribution is 1.18. The van der Waals surface area contributed by atoms with Crippen LogP contribution in [0, 0.1) is 0 Å². The van der Waals surface area contributed by atoms with Crippen LogP contribution in [0.25, 0.3) is 88.4 Å². The van der Waals surface area contributed by atoms with Crippen molar-refractivity contribution in [2.45, 2.75) is 0 Å². The lowest BCUT2D eigenvalue weighted by Crippen LogP contribution is -1.95. The molecule has 0 atom stereocenters. The first-order valence-corrected chi connectivity index (χ1v) is 17.2. The number of para-hydroxylation sites is 3. The third-order valence-electron chi connectivity index (χ3n) is 10.1. The second-order valence-electron chi connectivity index (χ2n) is 12.9. The SMILES string of the molecule is c1ccc(-c2ccccc2-c2cccc(-n3c4ccccc4c4c(-c5cccc6c5c5ccccc5n6-c5ccccc5)cccc43)c2)cc1. The minimum Gasteiger partial charge on any atom is -0.309 e. The molecular formula is C48H32N2. The van der Waals surface area contributed by atoms with E-state index in [1.54, 1.807) is 0 Å². The van der Waals surface area contributed by atoms with Crippen LogP contribution >= 0.6 is 0 Å². The van der Waals surface area contributed by atoms with Gasteiger partial charge in [0.1, 0.15) is 0 Å². The molecule has 10 aromatic rings. The molecule has 0 fully saturated rings. The minimum absolute atomic E-state index is 1.15. The summed E-state index contributed by atoms with van der Waals surface area (Å²) in [7, 11) is 0. The predicted molar refractivity (Wildman–Crippen MR) is 211 cm³/mol. The van der Waals surface area contributed by atoms with Crippen LogP contribution in [-0.2, 0) is 0 Å². The van der Waals surface area contributed by atoms with E-state index in [2.05, 4.69) is 203 Å². The number of nitrogens with zero attached hydrogens (tertiary/aromatic N) is 2. The van der Waals surface area contributed by atoms with Crippen LogP contribution in [0.1, 0.15) is 0 Å². The van der Waals surface area contributed by atoms with Gasteiger partial charge in [0.15, 0.2) is 0 Å². The highest BCUT2D eigenvalue weighted by molar-refractivity contribution is 6.22. The molecule has 8 aromatic carbocycles. The molecule has 234 valence electrons. The van der Waals surface area contributed by atoms with Crippen molar-refractivity contribution >= 4 is 43.6 Å². The van der Waals surface area contributed by atoms with Crippen molar-refractivity contribution in [2.75, 3.05) is 0 Å². The number of benzene rings is 8. The fourth-order valence-corrected chi connectivity index (χ4v) is 8.04. The van der Waals surface area contributed by atoms with Gasteiger partial charge in [-0.1, -0.05) is 146 Å². The fraction of sp³-hybridized carbons (Fsp3) is 0. The molecule has 2 nitrogen and oxygen atoms in total. The Morgan fingerprint density at radius 1 is 0.260 bits per heavy atom. The molecule has 0 amide bonds. The molecule has 0 bridgehead atoms. The van der Waals surface area contributed by atoms with Crippen molar-refractivity contribution in [3.05, 3.63) is 194 Å². The maximum absolute atomic E-state index is 2.44. The van der Waals surface area contributed by atoms with Crippen molar-refractivity contribution in [1.82, 2.24) is 9.13 Å². The van der Waals surface area contributed by atoms with Crippen LogP contribution in [0.2, 0.25) is 0 Å². The third kappa shape index (κ3) is 4.36. The van der Waals surface area contributed by atoms with E-state index in [-0.39, 0.29) is 0 Å². The third-order valence-corrected chi connectivity index (χ3v) is 10.1. The van der Waals surface area contributed by atoms with Crippen molar-refractivity contribution in [2.24, 2.45) is 0 Å². The van der Waals surface area contributed by atoms with Crippen LogP contribution in [-0.4, -0.2) is 9.13 Å². The second kappa shape index (κ2) is 11.5. The van der Waals surface area contributed by atoms with Crippen LogP contribution in [0.3, 0.4) is 0 Å². The zero-order valence-electron chi connectivity index (χ0n) is 27.4. The van der Waals surface area contributed by atoms with Crippen LogP contribution in [0.5, 0.6) is 0 Å². The summed E-state index contributed by atoms with van der Waals surface area (Å²) >= 11 is 0. The summed E-state index contributed by atoms with van der Waals surface area (Å²) in [5.74, 6) is 0. The smallest absolute Gasteiger partial charge is 0.0547 e. The van der Waals surface area contributed by atoms with Crippen molar-refractivity contribution in [3.63, 3.8) is 0 Å². The highest BCUT2D eigenvalue weighted by atomic mass is 15.0. The van der Waals surface area contributed by atoms with E-state index < -0.39 is 0 Å². The number of hydrogen-bond acceptors (Lipinski definition) is 0. The van der Waals surface area contributed by atoms with Gasteiger partial charge in [0.2, 0.25) is 0 Å². The van der Waals surface area contributed by atoms with Gasteiger partial charge in [-0.3, -0.25) is 0 Å². The average molecular weight is 637 g/mol. The van der Waals surface area contributed by atoms with Crippen molar-refractivity contribution < 1.29 is 0 Å².